The monoisotopic (exact) mass is 116 g/mol. The minimum atomic E-state index is 0.983. The van der Waals surface area contributed by atoms with Crippen LogP contribution in [0, 0.1) is 0 Å². The Labute approximate surface area is 54.5 Å². The van der Waals surface area contributed by atoms with Crippen LogP contribution in [0.5, 0.6) is 0 Å². The Hall–Kier alpha value is -0.780. The highest BCUT2D eigenvalue weighted by atomic mass is 14.4. The van der Waals surface area contributed by atoms with Crippen LogP contribution in [0.3, 0.4) is 0 Å². The molecule has 3 rings (SSSR count). The average Bonchev–Trinajstić information content (AvgIpc) is 1.73. The summed E-state index contributed by atoms with van der Waals surface area (Å²) >= 11 is 0. The van der Waals surface area contributed by atoms with Gasteiger partial charge in [-0.05, 0) is 35.4 Å². The van der Waals surface area contributed by atoms with Gasteiger partial charge < -0.3 is 0 Å². The molecule has 0 atom stereocenters. The molecule has 0 saturated heterocycles. The molecule has 2 aliphatic carbocycles. The Kier molecular flexibility index (Phi) is 0.484. The smallest absolute Gasteiger partial charge is 0.00754 e. The van der Waals surface area contributed by atoms with Crippen molar-refractivity contribution in [3.63, 3.8) is 0 Å². The van der Waals surface area contributed by atoms with Crippen molar-refractivity contribution in [1.82, 2.24) is 0 Å². The quantitative estimate of drug-likeness (QED) is 0.485. The fraction of sp³-hybridized carbons (Fsp3) is 0.333. The van der Waals surface area contributed by atoms with Gasteiger partial charge in [-0.1, -0.05) is 18.2 Å². The molecule has 0 aromatic heterocycles. The predicted molar refractivity (Wildman–Crippen MR) is 36.6 cm³/mol. The third-order valence-electron chi connectivity index (χ3n) is 2.63. The Balaban J connectivity index is 2.42. The molecule has 1 aromatic rings. The van der Waals surface area contributed by atoms with Gasteiger partial charge in [-0.15, -0.1) is 0 Å². The molecule has 0 bridgehead atoms. The lowest BCUT2D eigenvalue weighted by atomic mass is 9.63. The molecule has 0 aliphatic heterocycles. The summed E-state index contributed by atoms with van der Waals surface area (Å²) in [4.78, 5) is 0. The Morgan fingerprint density at radius 2 is 1.78 bits per heavy atom. The van der Waals surface area contributed by atoms with Crippen LogP contribution in [0.4, 0.5) is 0 Å². The van der Waals surface area contributed by atoms with E-state index in [4.69, 9.17) is 0 Å². The van der Waals surface area contributed by atoms with Crippen LogP contribution in [0.25, 0.3) is 0 Å². The van der Waals surface area contributed by atoms with Gasteiger partial charge in [0, 0.05) is 0 Å². The van der Waals surface area contributed by atoms with Gasteiger partial charge in [0.05, 0.1) is 0 Å². The Morgan fingerprint density at radius 1 is 1.11 bits per heavy atom. The molecule has 0 N–H and O–H groups in total. The van der Waals surface area contributed by atoms with Crippen molar-refractivity contribution >= 4 is 0 Å². The van der Waals surface area contributed by atoms with Gasteiger partial charge in [0.1, 0.15) is 0 Å². The van der Waals surface area contributed by atoms with Gasteiger partial charge in [0.15, 0.2) is 0 Å². The first kappa shape index (κ1) is 4.10. The molecule has 0 radical (unpaired) electrons. The van der Waals surface area contributed by atoms with E-state index in [2.05, 4.69) is 18.2 Å². The molecule has 0 spiro atoms. The molecule has 2 aliphatic rings. The molecule has 0 heterocycles. The third kappa shape index (κ3) is 0.309. The maximum Gasteiger partial charge on any atom is -0.00754 e. The predicted octanol–water partition coefficient (Wildman–Crippen LogP) is 1.88. The number of hydrogen-bond donors (Lipinski definition) is 0. The lowest BCUT2D eigenvalue weighted by Crippen LogP contribution is -2.30. The van der Waals surface area contributed by atoms with Gasteiger partial charge in [-0.25, -0.2) is 0 Å². The summed E-state index contributed by atoms with van der Waals surface area (Å²) in [6.45, 7) is 0. The second-order valence-corrected chi connectivity index (χ2v) is 3.10. The van der Waals surface area contributed by atoms with E-state index < -0.39 is 0 Å². The van der Waals surface area contributed by atoms with E-state index in [9.17, 15) is 0 Å². The Bertz CT molecular complexity index is 249. The van der Waals surface area contributed by atoms with Crippen LogP contribution in [0.15, 0.2) is 18.2 Å². The van der Waals surface area contributed by atoms with Gasteiger partial charge in [-0.2, -0.15) is 0 Å². The topological polar surface area (TPSA) is 0 Å². The van der Waals surface area contributed by atoms with E-state index in [0.717, 1.165) is 5.92 Å². The molecule has 0 amide bonds. The summed E-state index contributed by atoms with van der Waals surface area (Å²) in [5, 5.41) is 0. The molecule has 0 nitrogen and oxygen atoms in total. The zero-order valence-electron chi connectivity index (χ0n) is 5.22. The van der Waals surface area contributed by atoms with Crippen molar-refractivity contribution in [2.45, 2.75) is 18.8 Å². The maximum absolute atomic E-state index is 2.26. The standard InChI is InChI=1S/C9H8/c1-2-6-4-8-5-7(3-1)9(6)8/h1-3,8H,4-5H2. The summed E-state index contributed by atoms with van der Waals surface area (Å²) in [7, 11) is 0. The summed E-state index contributed by atoms with van der Waals surface area (Å²) in [6.07, 6.45) is 2.73. The first-order chi connectivity index (χ1) is 4.45. The van der Waals surface area contributed by atoms with Crippen LogP contribution in [0.1, 0.15) is 22.6 Å². The lowest BCUT2D eigenvalue weighted by molar-refractivity contribution is 0.526. The van der Waals surface area contributed by atoms with Gasteiger partial charge in [0.2, 0.25) is 0 Å². The van der Waals surface area contributed by atoms with E-state index in [-0.39, 0.29) is 0 Å². The molecule has 1 aromatic carbocycles. The van der Waals surface area contributed by atoms with E-state index in [1.165, 1.54) is 12.8 Å². The average molecular weight is 116 g/mol. The van der Waals surface area contributed by atoms with Crippen LogP contribution in [0.2, 0.25) is 0 Å². The normalized spacial score (nSPS) is 20.0. The van der Waals surface area contributed by atoms with E-state index in [0.29, 0.717) is 0 Å². The molecular weight excluding hydrogens is 108 g/mol. The highest BCUT2D eigenvalue weighted by molar-refractivity contribution is 5.53. The number of benzene rings is 1. The van der Waals surface area contributed by atoms with Crippen LogP contribution in [-0.2, 0) is 12.8 Å². The SMILES string of the molecule is c1cc2c3c(c1)CC3C2. The number of rotatable bonds is 0. The third-order valence-corrected chi connectivity index (χ3v) is 2.63. The fourth-order valence-electron chi connectivity index (χ4n) is 2.09. The first-order valence-corrected chi connectivity index (χ1v) is 3.56. The zero-order valence-corrected chi connectivity index (χ0v) is 5.22. The van der Waals surface area contributed by atoms with Crippen LogP contribution < -0.4 is 0 Å². The van der Waals surface area contributed by atoms with Crippen molar-refractivity contribution in [2.75, 3.05) is 0 Å². The molecule has 9 heavy (non-hydrogen) atoms. The van der Waals surface area contributed by atoms with Crippen LogP contribution >= 0.6 is 0 Å². The summed E-state index contributed by atoms with van der Waals surface area (Å²) in [5.74, 6) is 0.983. The lowest BCUT2D eigenvalue weighted by Gasteiger charge is -2.41. The summed E-state index contributed by atoms with van der Waals surface area (Å²) < 4.78 is 0. The summed E-state index contributed by atoms with van der Waals surface area (Å²) in [5.41, 5.74) is 4.92. The van der Waals surface area contributed by atoms with Crippen molar-refractivity contribution in [3.8, 4) is 0 Å². The van der Waals surface area contributed by atoms with Gasteiger partial charge >= 0.3 is 0 Å². The highest BCUT2D eigenvalue weighted by Gasteiger charge is 2.36. The zero-order chi connectivity index (χ0) is 5.84. The van der Waals surface area contributed by atoms with Gasteiger partial charge in [0.25, 0.3) is 0 Å². The number of hydrogen-bond acceptors (Lipinski definition) is 0. The molecule has 44 valence electrons. The first-order valence-electron chi connectivity index (χ1n) is 3.56. The second-order valence-electron chi connectivity index (χ2n) is 3.10. The highest BCUT2D eigenvalue weighted by Crippen LogP contribution is 2.48. The fourth-order valence-corrected chi connectivity index (χ4v) is 2.09. The Morgan fingerprint density at radius 3 is 2.22 bits per heavy atom. The minimum absolute atomic E-state index is 0.983. The molecular formula is C9H8. The summed E-state index contributed by atoms with van der Waals surface area (Å²) in [6, 6.07) is 6.70. The second kappa shape index (κ2) is 1.06. The van der Waals surface area contributed by atoms with Crippen molar-refractivity contribution in [2.24, 2.45) is 0 Å². The van der Waals surface area contributed by atoms with Crippen LogP contribution in [-0.4, -0.2) is 0 Å². The molecule has 0 unspecified atom stereocenters. The van der Waals surface area contributed by atoms with Crippen molar-refractivity contribution in [1.29, 1.82) is 0 Å². The minimum Gasteiger partial charge on any atom is -0.0617 e. The van der Waals surface area contributed by atoms with Crippen molar-refractivity contribution < 1.29 is 0 Å². The maximum atomic E-state index is 2.26. The van der Waals surface area contributed by atoms with E-state index >= 15 is 0 Å². The molecule has 0 fully saturated rings. The van der Waals surface area contributed by atoms with Crippen molar-refractivity contribution in [3.05, 3.63) is 34.9 Å². The largest absolute Gasteiger partial charge is 0.0617 e. The molecule has 0 saturated carbocycles. The van der Waals surface area contributed by atoms with E-state index in [1.54, 1.807) is 16.7 Å². The van der Waals surface area contributed by atoms with Gasteiger partial charge in [-0.3, -0.25) is 0 Å². The molecule has 0 heteroatoms. The van der Waals surface area contributed by atoms with E-state index in [1.807, 2.05) is 0 Å².